The molecule has 1 saturated heterocycles. The average molecular weight is 487 g/mol. The van der Waals surface area contributed by atoms with Crippen LogP contribution in [0.4, 0.5) is 5.69 Å². The van der Waals surface area contributed by atoms with Gasteiger partial charge in [0, 0.05) is 68.6 Å². The molecule has 4 rings (SSSR count). The molecule has 0 saturated carbocycles. The van der Waals surface area contributed by atoms with E-state index in [-0.39, 0.29) is 34.3 Å². The number of aryl methyl sites for hydroxylation is 1. The highest BCUT2D eigenvalue weighted by molar-refractivity contribution is 5.78. The number of aromatic nitrogens is 1. The van der Waals surface area contributed by atoms with Crippen LogP contribution in [-0.2, 0) is 17.9 Å². The first-order chi connectivity index (χ1) is 17.3. The molecule has 0 unspecified atom stereocenters. The van der Waals surface area contributed by atoms with E-state index in [4.69, 9.17) is 0 Å². The number of benzene rings is 2. The summed E-state index contributed by atoms with van der Waals surface area (Å²) in [6.45, 7) is 9.15. The Morgan fingerprint density at radius 3 is 2.53 bits per heavy atom. The molecule has 1 aliphatic heterocycles. The second-order valence-corrected chi connectivity index (χ2v) is 10.1. The summed E-state index contributed by atoms with van der Waals surface area (Å²) in [4.78, 5) is 33.0. The summed E-state index contributed by atoms with van der Waals surface area (Å²) in [5.41, 5.74) is 4.33. The number of carbonyl (C=O) groups is 1. The Hall–Kier alpha value is -3.58. The lowest BCUT2D eigenvalue weighted by Crippen LogP contribution is -2.39. The zero-order chi connectivity index (χ0) is 25.7. The molecule has 1 aromatic heterocycles. The van der Waals surface area contributed by atoms with Crippen LogP contribution in [0.2, 0.25) is 0 Å². The van der Waals surface area contributed by atoms with E-state index in [1.165, 1.54) is 11.1 Å². The van der Waals surface area contributed by atoms with Crippen molar-refractivity contribution < 1.29 is 9.72 Å². The number of amides is 1. The smallest absolute Gasteiger partial charge is 0.273 e. The lowest BCUT2D eigenvalue weighted by Gasteiger charge is -2.30. The topological polar surface area (TPSA) is 79.6 Å². The SMILES string of the molecule is Cc1ccc([C@H]2CN(Cc3ccccc3[N+](=O)[O-])C[C@H]2CN(Cc2cccnc2)C(=O)C(C)C)cc1. The second-order valence-electron chi connectivity index (χ2n) is 10.1. The predicted molar refractivity (Wildman–Crippen MR) is 140 cm³/mol. The highest BCUT2D eigenvalue weighted by Gasteiger charge is 2.36. The third kappa shape index (κ3) is 6.15. The van der Waals surface area contributed by atoms with Gasteiger partial charge in [-0.3, -0.25) is 24.8 Å². The van der Waals surface area contributed by atoms with Crippen molar-refractivity contribution in [2.45, 2.75) is 39.8 Å². The van der Waals surface area contributed by atoms with E-state index in [0.29, 0.717) is 19.6 Å². The molecule has 36 heavy (non-hydrogen) atoms. The van der Waals surface area contributed by atoms with Crippen molar-refractivity contribution in [3.05, 3.63) is 105 Å². The van der Waals surface area contributed by atoms with Gasteiger partial charge in [-0.25, -0.2) is 0 Å². The number of rotatable bonds is 9. The maximum absolute atomic E-state index is 13.2. The molecule has 7 nitrogen and oxygen atoms in total. The van der Waals surface area contributed by atoms with Crippen LogP contribution >= 0.6 is 0 Å². The van der Waals surface area contributed by atoms with Gasteiger partial charge in [0.15, 0.2) is 0 Å². The molecule has 2 atom stereocenters. The molecule has 1 aliphatic rings. The van der Waals surface area contributed by atoms with Gasteiger partial charge in [-0.2, -0.15) is 0 Å². The zero-order valence-corrected chi connectivity index (χ0v) is 21.2. The maximum atomic E-state index is 13.2. The number of nitro benzene ring substituents is 1. The minimum absolute atomic E-state index is 0.107. The Balaban J connectivity index is 1.60. The number of nitro groups is 1. The van der Waals surface area contributed by atoms with E-state index in [1.807, 2.05) is 49.2 Å². The van der Waals surface area contributed by atoms with Gasteiger partial charge in [0.25, 0.3) is 5.69 Å². The van der Waals surface area contributed by atoms with Gasteiger partial charge in [-0.05, 0) is 30.0 Å². The van der Waals surface area contributed by atoms with Crippen LogP contribution in [0.15, 0.2) is 73.1 Å². The van der Waals surface area contributed by atoms with E-state index in [0.717, 1.165) is 24.2 Å². The first kappa shape index (κ1) is 25.5. The average Bonchev–Trinajstić information content (AvgIpc) is 3.26. The van der Waals surface area contributed by atoms with E-state index in [9.17, 15) is 14.9 Å². The highest BCUT2D eigenvalue weighted by Crippen LogP contribution is 2.35. The summed E-state index contributed by atoms with van der Waals surface area (Å²) >= 11 is 0. The van der Waals surface area contributed by atoms with Crippen molar-refractivity contribution in [1.82, 2.24) is 14.8 Å². The summed E-state index contributed by atoms with van der Waals surface area (Å²) in [7, 11) is 0. The maximum Gasteiger partial charge on any atom is 0.273 e. The zero-order valence-electron chi connectivity index (χ0n) is 21.2. The molecule has 0 N–H and O–H groups in total. The van der Waals surface area contributed by atoms with Crippen molar-refractivity contribution in [1.29, 1.82) is 0 Å². The first-order valence-electron chi connectivity index (χ1n) is 12.5. The molecule has 0 radical (unpaired) electrons. The van der Waals surface area contributed by atoms with Crippen LogP contribution in [0.5, 0.6) is 0 Å². The molecule has 0 spiro atoms. The number of nitrogens with zero attached hydrogens (tertiary/aromatic N) is 4. The third-order valence-corrected chi connectivity index (χ3v) is 6.96. The lowest BCUT2D eigenvalue weighted by molar-refractivity contribution is -0.385. The van der Waals surface area contributed by atoms with Crippen LogP contribution in [0.3, 0.4) is 0 Å². The fourth-order valence-electron chi connectivity index (χ4n) is 5.12. The molecule has 188 valence electrons. The minimum Gasteiger partial charge on any atom is -0.338 e. The Bertz CT molecular complexity index is 1180. The van der Waals surface area contributed by atoms with E-state index < -0.39 is 0 Å². The van der Waals surface area contributed by atoms with Gasteiger partial charge in [-0.1, -0.05) is 67.9 Å². The quantitative estimate of drug-likeness (QED) is 0.307. The number of pyridine rings is 1. The fraction of sp³-hybridized carbons (Fsp3) is 0.379. The molecule has 2 aromatic carbocycles. The molecule has 1 fully saturated rings. The van der Waals surface area contributed by atoms with Crippen molar-refractivity contribution in [2.75, 3.05) is 19.6 Å². The number of para-hydroxylation sites is 1. The summed E-state index contributed by atoms with van der Waals surface area (Å²) < 4.78 is 0. The van der Waals surface area contributed by atoms with Crippen molar-refractivity contribution in [3.63, 3.8) is 0 Å². The van der Waals surface area contributed by atoms with Gasteiger partial charge in [0.1, 0.15) is 0 Å². The van der Waals surface area contributed by atoms with Crippen molar-refractivity contribution in [2.24, 2.45) is 11.8 Å². The van der Waals surface area contributed by atoms with Crippen LogP contribution in [0, 0.1) is 28.9 Å². The monoisotopic (exact) mass is 486 g/mol. The van der Waals surface area contributed by atoms with Crippen LogP contribution in [0.1, 0.15) is 42.0 Å². The number of hydrogen-bond acceptors (Lipinski definition) is 5. The van der Waals surface area contributed by atoms with Crippen molar-refractivity contribution in [3.8, 4) is 0 Å². The van der Waals surface area contributed by atoms with E-state index in [2.05, 4.69) is 41.1 Å². The second kappa shape index (κ2) is 11.4. The Labute approximate surface area is 212 Å². The van der Waals surface area contributed by atoms with Gasteiger partial charge in [0.2, 0.25) is 5.91 Å². The molecule has 3 aromatic rings. The predicted octanol–water partition coefficient (Wildman–Crippen LogP) is 5.20. The summed E-state index contributed by atoms with van der Waals surface area (Å²) in [5, 5.41) is 11.6. The highest BCUT2D eigenvalue weighted by atomic mass is 16.6. The largest absolute Gasteiger partial charge is 0.338 e. The Morgan fingerprint density at radius 1 is 1.11 bits per heavy atom. The molecule has 0 bridgehead atoms. The van der Waals surface area contributed by atoms with Crippen LogP contribution in [0.25, 0.3) is 0 Å². The van der Waals surface area contributed by atoms with E-state index >= 15 is 0 Å². The van der Waals surface area contributed by atoms with Gasteiger partial charge < -0.3 is 4.90 Å². The van der Waals surface area contributed by atoms with Gasteiger partial charge in [-0.15, -0.1) is 0 Å². The number of carbonyl (C=O) groups excluding carboxylic acids is 1. The normalized spacial score (nSPS) is 17.9. The van der Waals surface area contributed by atoms with E-state index in [1.54, 1.807) is 18.3 Å². The third-order valence-electron chi connectivity index (χ3n) is 6.96. The van der Waals surface area contributed by atoms with Gasteiger partial charge in [0.05, 0.1) is 4.92 Å². The minimum atomic E-state index is -0.308. The van der Waals surface area contributed by atoms with Crippen LogP contribution in [-0.4, -0.2) is 45.2 Å². The Kier molecular flexibility index (Phi) is 8.10. The standard InChI is InChI=1S/C29H34N4O3/c1-21(2)29(34)32(16-23-7-6-14-30-15-23)19-26-18-31(17-25-8-4-5-9-28(25)33(35)36)20-27(26)24-12-10-22(3)11-13-24/h4-15,21,26-27H,16-20H2,1-3H3/t26-,27+/m0/s1. The molecule has 0 aliphatic carbocycles. The Morgan fingerprint density at radius 2 is 1.86 bits per heavy atom. The van der Waals surface area contributed by atoms with Crippen LogP contribution < -0.4 is 0 Å². The number of hydrogen-bond donors (Lipinski definition) is 0. The van der Waals surface area contributed by atoms with Crippen molar-refractivity contribution >= 4 is 11.6 Å². The summed E-state index contributed by atoms with van der Waals surface area (Å²) in [5.74, 6) is 0.446. The lowest BCUT2D eigenvalue weighted by atomic mass is 9.88. The summed E-state index contributed by atoms with van der Waals surface area (Å²) in [6, 6.07) is 19.5. The molecular weight excluding hydrogens is 452 g/mol. The number of likely N-dealkylation sites (tertiary alicyclic amines) is 1. The summed E-state index contributed by atoms with van der Waals surface area (Å²) in [6.07, 6.45) is 3.55. The molecule has 2 heterocycles. The van der Waals surface area contributed by atoms with Gasteiger partial charge >= 0.3 is 0 Å². The molecule has 7 heteroatoms. The fourth-order valence-corrected chi connectivity index (χ4v) is 5.12. The molecular formula is C29H34N4O3. The first-order valence-corrected chi connectivity index (χ1v) is 12.5. The molecule has 1 amide bonds.